The second-order valence-corrected chi connectivity index (χ2v) is 12.2. The first-order chi connectivity index (χ1) is 24.3. The smallest absolute Gasteiger partial charge is 0.160 e. The Morgan fingerprint density at radius 1 is 0.612 bits per heavy atom. The van der Waals surface area contributed by atoms with Gasteiger partial charge < -0.3 is 14.3 Å². The van der Waals surface area contributed by atoms with Crippen LogP contribution >= 0.6 is 0 Å². The summed E-state index contributed by atoms with van der Waals surface area (Å²) in [6.07, 6.45) is 0. The predicted octanol–water partition coefficient (Wildman–Crippen LogP) is 10.4. The molecule has 0 unspecified atom stereocenters. The molecule has 7 aromatic carbocycles. The van der Waals surface area contributed by atoms with Crippen molar-refractivity contribution in [2.45, 2.75) is 6.54 Å². The Morgan fingerprint density at radius 3 is 2.02 bits per heavy atom. The number of nitrogens with zero attached hydrogens (tertiary/aromatic N) is 3. The minimum atomic E-state index is 0.511. The molecule has 234 valence electrons. The van der Waals surface area contributed by atoms with Gasteiger partial charge in [0.15, 0.2) is 11.4 Å². The summed E-state index contributed by atoms with van der Waals surface area (Å²) in [5.41, 5.74) is 7.97. The van der Waals surface area contributed by atoms with Crippen LogP contribution in [0.2, 0.25) is 0 Å². The number of aliphatic imine (C=N–C) groups is 2. The second kappa shape index (κ2) is 12.0. The highest BCUT2D eigenvalue weighted by molar-refractivity contribution is 6.35. The highest BCUT2D eigenvalue weighted by Gasteiger charge is 2.23. The van der Waals surface area contributed by atoms with Crippen molar-refractivity contribution in [3.05, 3.63) is 174 Å². The van der Waals surface area contributed by atoms with Crippen LogP contribution in [0.5, 0.6) is 0 Å². The molecule has 0 amide bonds. The molecule has 2 aromatic heterocycles. The zero-order valence-corrected chi connectivity index (χ0v) is 27.0. The number of rotatable bonds is 5. The molecule has 0 atom stereocenters. The van der Waals surface area contributed by atoms with Crippen molar-refractivity contribution >= 4 is 66.2 Å². The SMILES string of the molecule is CNC(=NC(=NCc1ccccc1)c1cccc(-n2c3ccccc3c3c4ccccc4c4c5ccccc5oc4c32)c1)c1ccccc1. The lowest BCUT2D eigenvalue weighted by Crippen LogP contribution is -2.21. The van der Waals surface area contributed by atoms with Crippen molar-refractivity contribution in [1.82, 2.24) is 9.88 Å². The van der Waals surface area contributed by atoms with E-state index >= 15 is 0 Å². The number of hydrogen-bond donors (Lipinski definition) is 1. The van der Waals surface area contributed by atoms with Gasteiger partial charge in [-0.15, -0.1) is 0 Å². The first-order valence-electron chi connectivity index (χ1n) is 16.5. The molecule has 1 N–H and O–H groups in total. The minimum Gasteiger partial charge on any atom is -0.454 e. The zero-order chi connectivity index (χ0) is 32.7. The third-order valence-corrected chi connectivity index (χ3v) is 9.27. The topological polar surface area (TPSA) is 54.8 Å². The van der Waals surface area contributed by atoms with Crippen molar-refractivity contribution < 1.29 is 4.42 Å². The molecular formula is C44H32N4O. The van der Waals surface area contributed by atoms with Crippen LogP contribution in [0.3, 0.4) is 0 Å². The maximum atomic E-state index is 6.77. The van der Waals surface area contributed by atoms with E-state index in [9.17, 15) is 0 Å². The van der Waals surface area contributed by atoms with Gasteiger partial charge in [-0.25, -0.2) is 4.99 Å². The van der Waals surface area contributed by atoms with Crippen molar-refractivity contribution in [3.8, 4) is 5.69 Å². The van der Waals surface area contributed by atoms with E-state index in [0.29, 0.717) is 12.4 Å². The highest BCUT2D eigenvalue weighted by Crippen LogP contribution is 2.45. The van der Waals surface area contributed by atoms with Crippen LogP contribution in [-0.4, -0.2) is 23.3 Å². The van der Waals surface area contributed by atoms with Crippen LogP contribution < -0.4 is 5.32 Å². The highest BCUT2D eigenvalue weighted by atomic mass is 16.3. The number of nitrogens with one attached hydrogen (secondary N) is 1. The molecule has 0 saturated heterocycles. The van der Waals surface area contributed by atoms with Crippen LogP contribution in [0, 0.1) is 0 Å². The van der Waals surface area contributed by atoms with Gasteiger partial charge >= 0.3 is 0 Å². The number of aromatic nitrogens is 1. The molecule has 0 aliphatic heterocycles. The van der Waals surface area contributed by atoms with Crippen LogP contribution in [-0.2, 0) is 6.54 Å². The number of para-hydroxylation sites is 2. The Labute approximate surface area is 283 Å². The van der Waals surface area contributed by atoms with Gasteiger partial charge in [0, 0.05) is 45.4 Å². The Balaban J connectivity index is 1.32. The summed E-state index contributed by atoms with van der Waals surface area (Å²) >= 11 is 0. The second-order valence-electron chi connectivity index (χ2n) is 12.2. The minimum absolute atomic E-state index is 0.511. The lowest BCUT2D eigenvalue weighted by atomic mass is 9.99. The largest absolute Gasteiger partial charge is 0.454 e. The van der Waals surface area contributed by atoms with Crippen LogP contribution in [0.15, 0.2) is 172 Å². The van der Waals surface area contributed by atoms with Crippen LogP contribution in [0.4, 0.5) is 0 Å². The van der Waals surface area contributed by atoms with E-state index in [1.54, 1.807) is 0 Å². The Bertz CT molecular complexity index is 2720. The molecule has 0 spiro atoms. The van der Waals surface area contributed by atoms with Crippen molar-refractivity contribution in [3.63, 3.8) is 0 Å². The molecule has 49 heavy (non-hydrogen) atoms. The van der Waals surface area contributed by atoms with E-state index in [1.807, 2.05) is 49.5 Å². The van der Waals surface area contributed by atoms with E-state index in [4.69, 9.17) is 14.4 Å². The van der Waals surface area contributed by atoms with Gasteiger partial charge in [0.05, 0.1) is 17.6 Å². The van der Waals surface area contributed by atoms with E-state index < -0.39 is 0 Å². The van der Waals surface area contributed by atoms with E-state index in [-0.39, 0.29) is 0 Å². The van der Waals surface area contributed by atoms with Gasteiger partial charge in [-0.2, -0.15) is 0 Å². The summed E-state index contributed by atoms with van der Waals surface area (Å²) in [6.45, 7) is 0.511. The number of hydrogen-bond acceptors (Lipinski definition) is 2. The first kappa shape index (κ1) is 28.7. The third kappa shape index (κ3) is 4.86. The van der Waals surface area contributed by atoms with Gasteiger partial charge in [-0.05, 0) is 40.6 Å². The lowest BCUT2D eigenvalue weighted by Gasteiger charge is -2.12. The molecule has 9 rings (SSSR count). The normalized spacial score (nSPS) is 12.5. The van der Waals surface area contributed by atoms with Gasteiger partial charge in [0.25, 0.3) is 0 Å². The number of benzene rings is 7. The third-order valence-electron chi connectivity index (χ3n) is 9.27. The Kier molecular flexibility index (Phi) is 7.02. The molecule has 5 heteroatoms. The lowest BCUT2D eigenvalue weighted by molar-refractivity contribution is 0.671. The number of amidine groups is 2. The molecular weight excluding hydrogens is 601 g/mol. The van der Waals surface area contributed by atoms with Gasteiger partial charge in [-0.3, -0.25) is 4.99 Å². The molecule has 0 aliphatic rings. The van der Waals surface area contributed by atoms with Crippen molar-refractivity contribution in [2.75, 3.05) is 7.05 Å². The maximum Gasteiger partial charge on any atom is 0.160 e. The first-order valence-corrected chi connectivity index (χ1v) is 16.5. The molecule has 5 nitrogen and oxygen atoms in total. The average Bonchev–Trinajstić information content (AvgIpc) is 3.73. The molecule has 2 heterocycles. The monoisotopic (exact) mass is 632 g/mol. The number of fused-ring (bicyclic) bond motifs is 10. The molecule has 0 saturated carbocycles. The summed E-state index contributed by atoms with van der Waals surface area (Å²) in [7, 11) is 1.90. The average molecular weight is 633 g/mol. The predicted molar refractivity (Wildman–Crippen MR) is 204 cm³/mol. The van der Waals surface area contributed by atoms with Crippen LogP contribution in [0.1, 0.15) is 16.7 Å². The Morgan fingerprint density at radius 2 is 1.24 bits per heavy atom. The summed E-state index contributed by atoms with van der Waals surface area (Å²) in [5, 5.41) is 10.3. The molecule has 9 aromatic rings. The van der Waals surface area contributed by atoms with Gasteiger partial charge in [0.1, 0.15) is 11.4 Å². The van der Waals surface area contributed by atoms with E-state index in [1.165, 1.54) is 21.5 Å². The zero-order valence-electron chi connectivity index (χ0n) is 27.0. The standard InChI is InChI=1S/C44H32N4O/c1-45-43(30-17-6-3-7-18-30)47-44(46-28-29-15-4-2-5-16-29)31-19-14-20-32(27-31)48-37-25-12-10-23-35(37)39-33-21-8-9-22-34(33)40-36-24-11-13-26-38(36)49-42(40)41(39)48/h2-27H,28H2,1H3,(H,45,46,47). The van der Waals surface area contributed by atoms with E-state index in [2.05, 4.69) is 125 Å². The van der Waals surface area contributed by atoms with Crippen LogP contribution in [0.25, 0.3) is 60.2 Å². The Hall–Kier alpha value is -6.46. The molecule has 0 bridgehead atoms. The summed E-state index contributed by atoms with van der Waals surface area (Å²) in [6, 6.07) is 54.7. The summed E-state index contributed by atoms with van der Waals surface area (Å²) < 4.78 is 9.12. The fraction of sp³-hybridized carbons (Fsp3) is 0.0455. The van der Waals surface area contributed by atoms with Gasteiger partial charge in [-0.1, -0.05) is 133 Å². The van der Waals surface area contributed by atoms with Gasteiger partial charge in [0.2, 0.25) is 0 Å². The molecule has 0 aliphatic carbocycles. The van der Waals surface area contributed by atoms with Crippen molar-refractivity contribution in [1.29, 1.82) is 0 Å². The maximum absolute atomic E-state index is 6.77. The number of furan rings is 1. The summed E-state index contributed by atoms with van der Waals surface area (Å²) in [4.78, 5) is 10.3. The fourth-order valence-electron chi connectivity index (χ4n) is 7.09. The fourth-order valence-corrected chi connectivity index (χ4v) is 7.09. The molecule has 0 radical (unpaired) electrons. The molecule has 0 fully saturated rings. The van der Waals surface area contributed by atoms with Crippen molar-refractivity contribution in [2.24, 2.45) is 9.98 Å². The quantitative estimate of drug-likeness (QED) is 0.152. The summed E-state index contributed by atoms with van der Waals surface area (Å²) in [5.74, 6) is 1.41. The van der Waals surface area contributed by atoms with E-state index in [0.717, 1.165) is 61.2 Å².